The minimum atomic E-state index is -0.370. The molecule has 0 amide bonds. The fraction of sp³-hybridized carbons (Fsp3) is 0.200. The number of ether oxygens (including phenoxy) is 1. The number of benzene rings is 2. The predicted octanol–water partition coefficient (Wildman–Crippen LogP) is 5.20. The van der Waals surface area contributed by atoms with Crippen LogP contribution in [0.2, 0.25) is 0 Å². The highest BCUT2D eigenvalue weighted by atomic mass is 79.9. The van der Waals surface area contributed by atoms with Crippen molar-refractivity contribution in [2.24, 2.45) is 0 Å². The number of aromatic nitrogens is 1. The molecule has 0 saturated heterocycles. The van der Waals surface area contributed by atoms with E-state index >= 15 is 0 Å². The van der Waals surface area contributed by atoms with E-state index in [0.717, 1.165) is 17.1 Å². The highest BCUT2D eigenvalue weighted by molar-refractivity contribution is 8.93. The molecule has 136 valence electrons. The third kappa shape index (κ3) is 4.93. The average Bonchev–Trinajstić information content (AvgIpc) is 3.13. The minimum Gasteiger partial charge on any atom is -0.461 e. The Morgan fingerprint density at radius 3 is 2.65 bits per heavy atom. The molecule has 0 N–H and O–H groups in total. The van der Waals surface area contributed by atoms with Crippen LogP contribution in [0.15, 0.2) is 60.0 Å². The molecule has 0 unspecified atom stereocenters. The van der Waals surface area contributed by atoms with Gasteiger partial charge in [-0.25, -0.2) is 9.78 Å². The summed E-state index contributed by atoms with van der Waals surface area (Å²) in [4.78, 5) is 18.4. The first-order chi connectivity index (χ1) is 12.2. The van der Waals surface area contributed by atoms with E-state index in [9.17, 15) is 4.79 Å². The number of hydrogen-bond donors (Lipinski definition) is 0. The number of esters is 1. The van der Waals surface area contributed by atoms with Crippen molar-refractivity contribution in [3.8, 4) is 10.6 Å². The number of carbonyl (C=O) groups is 1. The van der Waals surface area contributed by atoms with Gasteiger partial charge in [0.25, 0.3) is 0 Å². The average molecular weight is 433 g/mol. The maximum Gasteiger partial charge on any atom is 0.357 e. The van der Waals surface area contributed by atoms with Gasteiger partial charge < -0.3 is 9.64 Å². The van der Waals surface area contributed by atoms with E-state index in [4.69, 9.17) is 4.74 Å². The predicted molar refractivity (Wildman–Crippen MR) is 112 cm³/mol. The molecule has 3 rings (SSSR count). The van der Waals surface area contributed by atoms with Crippen LogP contribution >= 0.6 is 28.3 Å². The Morgan fingerprint density at radius 2 is 1.92 bits per heavy atom. The third-order valence-corrected chi connectivity index (χ3v) is 4.67. The number of thiazole rings is 1. The molecule has 0 aliphatic heterocycles. The zero-order chi connectivity index (χ0) is 17.6. The fourth-order valence-corrected chi connectivity index (χ4v) is 3.34. The Balaban J connectivity index is 0.00000243. The van der Waals surface area contributed by atoms with Crippen molar-refractivity contribution in [2.75, 3.05) is 18.6 Å². The number of para-hydroxylation sites is 1. The van der Waals surface area contributed by atoms with E-state index in [1.54, 1.807) is 12.3 Å². The Bertz CT molecular complexity index is 852. The molecule has 1 aromatic heterocycles. The molecule has 0 aliphatic carbocycles. The quantitative estimate of drug-likeness (QED) is 0.501. The van der Waals surface area contributed by atoms with E-state index in [1.165, 1.54) is 22.6 Å². The molecule has 1 heterocycles. The second-order valence-electron chi connectivity index (χ2n) is 5.65. The van der Waals surface area contributed by atoms with Crippen LogP contribution in [0.25, 0.3) is 10.6 Å². The number of rotatable bonds is 6. The largest absolute Gasteiger partial charge is 0.461 e. The summed E-state index contributed by atoms with van der Waals surface area (Å²) in [5, 5.41) is 2.57. The molecule has 0 saturated carbocycles. The van der Waals surface area contributed by atoms with Crippen LogP contribution in [0.5, 0.6) is 0 Å². The highest BCUT2D eigenvalue weighted by Gasteiger charge is 2.13. The number of halogens is 1. The summed E-state index contributed by atoms with van der Waals surface area (Å²) in [6.07, 6.45) is 0. The third-order valence-electron chi connectivity index (χ3n) is 3.78. The number of hydrogen-bond acceptors (Lipinski definition) is 5. The zero-order valence-corrected chi connectivity index (χ0v) is 17.2. The molecule has 0 spiro atoms. The van der Waals surface area contributed by atoms with Crippen molar-refractivity contribution < 1.29 is 9.53 Å². The van der Waals surface area contributed by atoms with Gasteiger partial charge in [-0.05, 0) is 30.7 Å². The lowest BCUT2D eigenvalue weighted by Gasteiger charge is -2.19. The first-order valence-electron chi connectivity index (χ1n) is 8.15. The Morgan fingerprint density at radius 1 is 1.15 bits per heavy atom. The first-order valence-corrected chi connectivity index (χ1v) is 9.03. The van der Waals surface area contributed by atoms with Gasteiger partial charge in [0.2, 0.25) is 0 Å². The zero-order valence-electron chi connectivity index (χ0n) is 14.7. The molecule has 0 radical (unpaired) electrons. The molecule has 2 aromatic carbocycles. The van der Waals surface area contributed by atoms with Crippen molar-refractivity contribution >= 4 is 40.0 Å². The van der Waals surface area contributed by atoms with Gasteiger partial charge in [-0.2, -0.15) is 0 Å². The Labute approximate surface area is 168 Å². The standard InChI is InChI=1S/C20H20N2O2S.BrH/c1-3-24-20(23)18-14-25-19(21-18)16-9-7-8-15(12-16)13-22(2)17-10-5-4-6-11-17;/h4-12,14H,3,13H2,1-2H3;1H. The van der Waals surface area contributed by atoms with Gasteiger partial charge in [-0.3, -0.25) is 0 Å². The summed E-state index contributed by atoms with van der Waals surface area (Å²) >= 11 is 1.46. The lowest BCUT2D eigenvalue weighted by atomic mass is 10.1. The van der Waals surface area contributed by atoms with Gasteiger partial charge in [0.1, 0.15) is 5.01 Å². The van der Waals surface area contributed by atoms with Crippen molar-refractivity contribution in [2.45, 2.75) is 13.5 Å². The molecule has 0 bridgehead atoms. The van der Waals surface area contributed by atoms with E-state index in [0.29, 0.717) is 12.3 Å². The second kappa shape index (κ2) is 9.50. The van der Waals surface area contributed by atoms with Crippen LogP contribution in [0, 0.1) is 0 Å². The van der Waals surface area contributed by atoms with E-state index in [1.807, 2.05) is 30.3 Å². The number of carbonyl (C=O) groups excluding carboxylic acids is 1. The van der Waals surface area contributed by atoms with Crippen LogP contribution in [-0.2, 0) is 11.3 Å². The monoisotopic (exact) mass is 432 g/mol. The van der Waals surface area contributed by atoms with Crippen molar-refractivity contribution in [1.29, 1.82) is 0 Å². The van der Waals surface area contributed by atoms with Gasteiger partial charge in [-0.15, -0.1) is 28.3 Å². The Kier molecular flexibility index (Phi) is 7.36. The summed E-state index contributed by atoms with van der Waals surface area (Å²) in [6.45, 7) is 2.94. The smallest absolute Gasteiger partial charge is 0.357 e. The van der Waals surface area contributed by atoms with Crippen LogP contribution in [0.1, 0.15) is 23.0 Å². The molecule has 26 heavy (non-hydrogen) atoms. The van der Waals surface area contributed by atoms with E-state index < -0.39 is 0 Å². The maximum atomic E-state index is 11.8. The molecular weight excluding hydrogens is 412 g/mol. The normalized spacial score (nSPS) is 10.1. The van der Waals surface area contributed by atoms with Crippen molar-refractivity contribution in [3.63, 3.8) is 0 Å². The summed E-state index contributed by atoms with van der Waals surface area (Å²) < 4.78 is 5.00. The summed E-state index contributed by atoms with van der Waals surface area (Å²) in [6, 6.07) is 18.5. The van der Waals surface area contributed by atoms with Crippen LogP contribution in [0.4, 0.5) is 5.69 Å². The summed E-state index contributed by atoms with van der Waals surface area (Å²) in [7, 11) is 2.07. The number of nitrogens with zero attached hydrogens (tertiary/aromatic N) is 2. The Hall–Kier alpha value is -2.18. The van der Waals surface area contributed by atoms with Crippen LogP contribution in [-0.4, -0.2) is 24.6 Å². The van der Waals surface area contributed by atoms with Gasteiger partial charge in [0.15, 0.2) is 5.69 Å². The van der Waals surface area contributed by atoms with E-state index in [-0.39, 0.29) is 23.0 Å². The molecule has 0 atom stereocenters. The van der Waals surface area contributed by atoms with Crippen LogP contribution < -0.4 is 4.90 Å². The molecule has 0 fully saturated rings. The van der Waals surface area contributed by atoms with Gasteiger partial charge in [-0.1, -0.05) is 36.4 Å². The summed E-state index contributed by atoms with van der Waals surface area (Å²) in [5.74, 6) is -0.370. The molecule has 0 aliphatic rings. The maximum absolute atomic E-state index is 11.8. The molecule has 4 nitrogen and oxygen atoms in total. The first kappa shape index (κ1) is 20.1. The number of anilines is 1. The second-order valence-corrected chi connectivity index (χ2v) is 6.51. The molecule has 6 heteroatoms. The van der Waals surface area contributed by atoms with Crippen LogP contribution in [0.3, 0.4) is 0 Å². The minimum absolute atomic E-state index is 0. The highest BCUT2D eigenvalue weighted by Crippen LogP contribution is 2.26. The molecular formula is C20H21BrN2O2S. The van der Waals surface area contributed by atoms with Gasteiger partial charge in [0.05, 0.1) is 6.61 Å². The van der Waals surface area contributed by atoms with Gasteiger partial charge >= 0.3 is 5.97 Å². The van der Waals surface area contributed by atoms with E-state index in [2.05, 4.69) is 41.2 Å². The lowest BCUT2D eigenvalue weighted by Crippen LogP contribution is -2.16. The van der Waals surface area contributed by atoms with Crippen molar-refractivity contribution in [1.82, 2.24) is 4.98 Å². The summed E-state index contributed by atoms with van der Waals surface area (Å²) in [5.41, 5.74) is 3.75. The fourth-order valence-electron chi connectivity index (χ4n) is 2.56. The van der Waals surface area contributed by atoms with Crippen molar-refractivity contribution in [3.05, 3.63) is 71.2 Å². The molecule has 3 aromatic rings. The topological polar surface area (TPSA) is 42.4 Å². The van der Waals surface area contributed by atoms with Gasteiger partial charge in [0, 0.05) is 30.2 Å². The lowest BCUT2D eigenvalue weighted by molar-refractivity contribution is 0.0520. The SMILES string of the molecule is Br.CCOC(=O)c1csc(-c2cccc(CN(C)c3ccccc3)c2)n1.